The van der Waals surface area contributed by atoms with Gasteiger partial charge in [-0.05, 0) is 42.8 Å². The van der Waals surface area contributed by atoms with Gasteiger partial charge in [0.05, 0.1) is 6.61 Å². The zero-order valence-electron chi connectivity index (χ0n) is 20.6. The van der Waals surface area contributed by atoms with E-state index >= 15 is 0 Å². The van der Waals surface area contributed by atoms with E-state index in [1.54, 1.807) is 12.2 Å². The van der Waals surface area contributed by atoms with Crippen LogP contribution in [-0.4, -0.2) is 12.6 Å². The third-order valence-electron chi connectivity index (χ3n) is 3.84. The van der Waals surface area contributed by atoms with Gasteiger partial charge in [0.25, 0.3) is 0 Å². The first-order valence-electron chi connectivity index (χ1n) is 11.1. The molecule has 3 rings (SSSR count). The van der Waals surface area contributed by atoms with Crippen LogP contribution >= 0.6 is 22.1 Å². The number of esters is 1. The van der Waals surface area contributed by atoms with E-state index in [2.05, 4.69) is 24.5 Å². The normalized spacial score (nSPS) is 8.94. The van der Waals surface area contributed by atoms with Gasteiger partial charge < -0.3 is 18.3 Å². The number of carbonyl (C=O) groups is 1. The third-order valence-corrected chi connectivity index (χ3v) is 4.92. The summed E-state index contributed by atoms with van der Waals surface area (Å²) in [5.74, 6) is 1.80. The SMILES string of the molecule is C=CC(=O)OCCCC.C=CC=C.S.c1ccc(OP(Oc2ccccc2)Oc2ccccc2)cc1. The predicted molar refractivity (Wildman–Crippen MR) is 155 cm³/mol. The molecule has 3 aromatic carbocycles. The number of unbranched alkanes of at least 4 members (excludes halogenated alkanes) is 1. The molecule has 0 radical (unpaired) electrons. The highest BCUT2D eigenvalue weighted by molar-refractivity contribution is 7.59. The summed E-state index contributed by atoms with van der Waals surface area (Å²) in [6.07, 6.45) is 6.43. The summed E-state index contributed by atoms with van der Waals surface area (Å²) in [5, 5.41) is 0. The van der Waals surface area contributed by atoms with E-state index in [9.17, 15) is 4.79 Å². The summed E-state index contributed by atoms with van der Waals surface area (Å²) in [6, 6.07) is 28.5. The average Bonchev–Trinajstić information content (AvgIpc) is 2.91. The summed E-state index contributed by atoms with van der Waals surface area (Å²) >= 11 is 0. The second-order valence-corrected chi connectivity index (χ2v) is 7.63. The summed E-state index contributed by atoms with van der Waals surface area (Å²) < 4.78 is 22.2. The quantitative estimate of drug-likeness (QED) is 0.0825. The number of para-hydroxylation sites is 3. The Labute approximate surface area is 223 Å². The second-order valence-electron chi connectivity index (χ2n) is 6.63. The van der Waals surface area contributed by atoms with Crippen molar-refractivity contribution in [2.24, 2.45) is 0 Å². The van der Waals surface area contributed by atoms with E-state index in [0.29, 0.717) is 23.9 Å². The highest BCUT2D eigenvalue weighted by atomic mass is 32.1. The van der Waals surface area contributed by atoms with E-state index in [1.165, 1.54) is 6.08 Å². The molecule has 0 saturated carbocycles. The highest BCUT2D eigenvalue weighted by Gasteiger charge is 2.19. The Bertz CT molecular complexity index is 864. The molecule has 0 spiro atoms. The second kappa shape index (κ2) is 22.0. The van der Waals surface area contributed by atoms with Crippen LogP contribution in [0.1, 0.15) is 19.8 Å². The largest absolute Gasteiger partial charge is 0.530 e. The fourth-order valence-corrected chi connectivity index (χ4v) is 3.13. The highest BCUT2D eigenvalue weighted by Crippen LogP contribution is 2.41. The molecule has 36 heavy (non-hydrogen) atoms. The maximum Gasteiger partial charge on any atom is 0.530 e. The van der Waals surface area contributed by atoms with Crippen LogP contribution < -0.4 is 13.6 Å². The molecule has 192 valence electrons. The van der Waals surface area contributed by atoms with Crippen molar-refractivity contribution >= 4 is 28.1 Å². The summed E-state index contributed by atoms with van der Waals surface area (Å²) in [7, 11) is -1.59. The van der Waals surface area contributed by atoms with Gasteiger partial charge >= 0.3 is 14.6 Å². The molecule has 0 amide bonds. The molecule has 0 unspecified atom stereocenters. The lowest BCUT2D eigenvalue weighted by atomic mass is 10.3. The Balaban J connectivity index is 0.000000737. The molecule has 7 heteroatoms. The van der Waals surface area contributed by atoms with Gasteiger partial charge in [-0.1, -0.05) is 99.8 Å². The molecule has 0 aliphatic rings. The number of carbonyl (C=O) groups excluding carboxylic acids is 1. The van der Waals surface area contributed by atoms with E-state index in [0.717, 1.165) is 12.8 Å². The van der Waals surface area contributed by atoms with Gasteiger partial charge in [0.2, 0.25) is 0 Å². The van der Waals surface area contributed by atoms with Crippen LogP contribution in [0.5, 0.6) is 17.2 Å². The Morgan fingerprint density at radius 1 is 0.722 bits per heavy atom. The fourth-order valence-electron chi connectivity index (χ4n) is 2.13. The van der Waals surface area contributed by atoms with Crippen molar-refractivity contribution in [1.29, 1.82) is 0 Å². The maximum absolute atomic E-state index is 10.3. The molecule has 0 N–H and O–H groups in total. The lowest BCUT2D eigenvalue weighted by Crippen LogP contribution is -2.02. The molecule has 0 saturated heterocycles. The number of allylic oxidation sites excluding steroid dienone is 2. The molecule has 0 heterocycles. The minimum Gasteiger partial charge on any atom is -0.463 e. The zero-order valence-corrected chi connectivity index (χ0v) is 22.5. The zero-order chi connectivity index (χ0) is 25.6. The number of rotatable bonds is 11. The smallest absolute Gasteiger partial charge is 0.463 e. The van der Waals surface area contributed by atoms with Crippen LogP contribution in [0.25, 0.3) is 0 Å². The summed E-state index contributed by atoms with van der Waals surface area (Å²) in [6.45, 7) is 12.5. The van der Waals surface area contributed by atoms with Crippen LogP contribution in [0.15, 0.2) is 129 Å². The lowest BCUT2D eigenvalue weighted by molar-refractivity contribution is -0.137. The minimum absolute atomic E-state index is 0. The Morgan fingerprint density at radius 3 is 1.36 bits per heavy atom. The Hall–Kier alpha value is -3.47. The Kier molecular flexibility index (Phi) is 19.9. The maximum atomic E-state index is 10.3. The molecule has 0 fully saturated rings. The van der Waals surface area contributed by atoms with Crippen LogP contribution in [0, 0.1) is 0 Å². The van der Waals surface area contributed by atoms with Gasteiger partial charge in [0, 0.05) is 6.08 Å². The average molecular weight is 527 g/mol. The number of hydrogen-bond acceptors (Lipinski definition) is 5. The van der Waals surface area contributed by atoms with E-state index in [1.807, 2.05) is 97.9 Å². The fraction of sp³-hybridized carbons (Fsp3) is 0.138. The molecular weight excluding hydrogens is 491 g/mol. The molecule has 0 aliphatic carbocycles. The van der Waals surface area contributed by atoms with Gasteiger partial charge in [0.1, 0.15) is 17.2 Å². The van der Waals surface area contributed by atoms with Crippen LogP contribution in [0.3, 0.4) is 0 Å². The van der Waals surface area contributed by atoms with Crippen LogP contribution in [0.2, 0.25) is 0 Å². The standard InChI is InChI=1S/C18H15O3P.C7H12O2.C4H6.H2S/c1-4-10-16(11-5-1)19-22(20-17-12-6-2-7-13-17)21-18-14-8-3-9-15-18;1-3-5-6-9-7(8)4-2;1-3-4-2;/h1-15H;4H,2-3,5-6H2,1H3;3-4H,1-2H2;1H2. The molecule has 5 nitrogen and oxygen atoms in total. The number of ether oxygens (including phenoxy) is 1. The van der Waals surface area contributed by atoms with Crippen molar-refractivity contribution < 1.29 is 23.1 Å². The number of hydrogen-bond donors (Lipinski definition) is 0. The topological polar surface area (TPSA) is 54.0 Å². The van der Waals surface area contributed by atoms with Crippen molar-refractivity contribution in [1.82, 2.24) is 0 Å². The minimum atomic E-state index is -1.59. The van der Waals surface area contributed by atoms with E-state index < -0.39 is 8.60 Å². The van der Waals surface area contributed by atoms with Gasteiger partial charge in [-0.15, -0.1) is 0 Å². The first-order valence-corrected chi connectivity index (χ1v) is 12.2. The van der Waals surface area contributed by atoms with E-state index in [4.69, 9.17) is 13.6 Å². The molecule has 0 aliphatic heterocycles. The first-order chi connectivity index (χ1) is 17.1. The molecule has 3 aromatic rings. The van der Waals surface area contributed by atoms with Crippen LogP contribution in [-0.2, 0) is 9.53 Å². The van der Waals surface area contributed by atoms with Gasteiger partial charge in [-0.2, -0.15) is 13.5 Å². The van der Waals surface area contributed by atoms with Crippen molar-refractivity contribution in [3.05, 3.63) is 129 Å². The number of benzene rings is 3. The predicted octanol–water partition coefficient (Wildman–Crippen LogP) is 8.44. The Morgan fingerprint density at radius 2 is 1.08 bits per heavy atom. The van der Waals surface area contributed by atoms with Crippen molar-refractivity contribution in [2.75, 3.05) is 6.61 Å². The van der Waals surface area contributed by atoms with Crippen molar-refractivity contribution in [3.8, 4) is 17.2 Å². The van der Waals surface area contributed by atoms with Crippen LogP contribution in [0.4, 0.5) is 0 Å². The molecule has 0 bridgehead atoms. The molecule has 0 atom stereocenters. The summed E-state index contributed by atoms with van der Waals surface area (Å²) in [4.78, 5) is 10.3. The van der Waals surface area contributed by atoms with Crippen molar-refractivity contribution in [3.63, 3.8) is 0 Å². The lowest BCUT2D eigenvalue weighted by Gasteiger charge is -2.17. The third kappa shape index (κ3) is 16.2. The van der Waals surface area contributed by atoms with Gasteiger partial charge in [-0.25, -0.2) is 4.79 Å². The van der Waals surface area contributed by atoms with Gasteiger partial charge in [-0.3, -0.25) is 0 Å². The van der Waals surface area contributed by atoms with Crippen molar-refractivity contribution in [2.45, 2.75) is 19.8 Å². The van der Waals surface area contributed by atoms with Gasteiger partial charge in [0.15, 0.2) is 0 Å². The first kappa shape index (κ1) is 32.5. The summed E-state index contributed by atoms with van der Waals surface area (Å²) in [5.41, 5.74) is 0. The molecular formula is C29H35O5PS. The van der Waals surface area contributed by atoms with E-state index in [-0.39, 0.29) is 19.5 Å². The monoisotopic (exact) mass is 526 g/mol. The molecule has 0 aromatic heterocycles.